The van der Waals surface area contributed by atoms with E-state index in [4.69, 9.17) is 9.47 Å². The van der Waals surface area contributed by atoms with Crippen molar-refractivity contribution >= 4 is 11.9 Å². The molecule has 1 fully saturated rings. The predicted molar refractivity (Wildman–Crippen MR) is 58.6 cm³/mol. The lowest BCUT2D eigenvalue weighted by atomic mass is 9.75. The van der Waals surface area contributed by atoms with Gasteiger partial charge in [0.15, 0.2) is 0 Å². The third kappa shape index (κ3) is 2.06. The normalized spacial score (nSPS) is 29.2. The van der Waals surface area contributed by atoms with Crippen LogP contribution < -0.4 is 0 Å². The van der Waals surface area contributed by atoms with Crippen LogP contribution >= 0.6 is 0 Å². The fourth-order valence-electron chi connectivity index (χ4n) is 2.59. The summed E-state index contributed by atoms with van der Waals surface area (Å²) in [6.45, 7) is 3.99. The molecule has 0 amide bonds. The van der Waals surface area contributed by atoms with Crippen molar-refractivity contribution in [1.29, 1.82) is 0 Å². The summed E-state index contributed by atoms with van der Waals surface area (Å²) >= 11 is 0. The van der Waals surface area contributed by atoms with E-state index in [9.17, 15) is 9.59 Å². The summed E-state index contributed by atoms with van der Waals surface area (Å²) in [4.78, 5) is 23.3. The Labute approximate surface area is 96.3 Å². The van der Waals surface area contributed by atoms with Crippen LogP contribution in [-0.2, 0) is 19.1 Å². The average molecular weight is 228 g/mol. The molecule has 0 aromatic carbocycles. The second-order valence-electron chi connectivity index (χ2n) is 4.77. The van der Waals surface area contributed by atoms with Gasteiger partial charge in [0.25, 0.3) is 0 Å². The van der Waals surface area contributed by atoms with Crippen molar-refractivity contribution in [3.8, 4) is 0 Å². The van der Waals surface area contributed by atoms with E-state index in [1.807, 2.05) is 13.8 Å². The van der Waals surface area contributed by atoms with Crippen LogP contribution in [0.5, 0.6) is 0 Å². The third-order valence-electron chi connectivity index (χ3n) is 3.78. The zero-order valence-corrected chi connectivity index (χ0v) is 10.4. The van der Waals surface area contributed by atoms with Gasteiger partial charge in [-0.3, -0.25) is 9.59 Å². The largest absolute Gasteiger partial charge is 0.469 e. The molecular weight excluding hydrogens is 208 g/mol. The Morgan fingerprint density at radius 1 is 1.25 bits per heavy atom. The van der Waals surface area contributed by atoms with Crippen molar-refractivity contribution in [3.05, 3.63) is 0 Å². The molecule has 0 aromatic heterocycles. The smallest absolute Gasteiger partial charge is 0.312 e. The lowest BCUT2D eigenvalue weighted by molar-refractivity contribution is -0.156. The van der Waals surface area contributed by atoms with E-state index in [0.29, 0.717) is 19.3 Å². The van der Waals surface area contributed by atoms with Crippen LogP contribution in [0.2, 0.25) is 0 Å². The Balaban J connectivity index is 2.85. The van der Waals surface area contributed by atoms with Gasteiger partial charge in [-0.2, -0.15) is 0 Å². The molecule has 0 aliphatic heterocycles. The van der Waals surface area contributed by atoms with Crippen molar-refractivity contribution < 1.29 is 19.1 Å². The van der Waals surface area contributed by atoms with Gasteiger partial charge in [-0.1, -0.05) is 13.8 Å². The highest BCUT2D eigenvalue weighted by atomic mass is 16.5. The molecule has 0 radical (unpaired) electrons. The van der Waals surface area contributed by atoms with E-state index in [0.717, 1.165) is 0 Å². The second-order valence-corrected chi connectivity index (χ2v) is 4.77. The highest BCUT2D eigenvalue weighted by Crippen LogP contribution is 2.48. The molecule has 0 N–H and O–H groups in total. The molecule has 1 rings (SSSR count). The van der Waals surface area contributed by atoms with Crippen LogP contribution in [0.15, 0.2) is 0 Å². The van der Waals surface area contributed by atoms with Gasteiger partial charge >= 0.3 is 11.9 Å². The monoisotopic (exact) mass is 228 g/mol. The fourth-order valence-corrected chi connectivity index (χ4v) is 2.59. The lowest BCUT2D eigenvalue weighted by Crippen LogP contribution is -2.35. The molecule has 1 aliphatic carbocycles. The number of carbonyl (C=O) groups is 2. The van der Waals surface area contributed by atoms with Crippen LogP contribution in [0.3, 0.4) is 0 Å². The first-order chi connectivity index (χ1) is 7.47. The molecule has 16 heavy (non-hydrogen) atoms. The molecule has 4 nitrogen and oxygen atoms in total. The zero-order valence-electron chi connectivity index (χ0n) is 10.4. The number of methoxy groups -OCH3 is 2. The number of ether oxygens (including phenoxy) is 2. The minimum Gasteiger partial charge on any atom is -0.469 e. The maximum atomic E-state index is 11.9. The van der Waals surface area contributed by atoms with Crippen LogP contribution in [0.4, 0.5) is 0 Å². The number of hydrogen-bond donors (Lipinski definition) is 0. The third-order valence-corrected chi connectivity index (χ3v) is 3.78. The van der Waals surface area contributed by atoms with Gasteiger partial charge in [-0.05, 0) is 25.2 Å². The van der Waals surface area contributed by atoms with Crippen molar-refractivity contribution in [2.24, 2.45) is 17.3 Å². The summed E-state index contributed by atoms with van der Waals surface area (Å²) in [5, 5.41) is 0. The minimum absolute atomic E-state index is 0.161. The molecular formula is C12H20O4. The molecule has 1 saturated carbocycles. The predicted octanol–water partition coefficient (Wildman–Crippen LogP) is 1.77. The summed E-state index contributed by atoms with van der Waals surface area (Å²) < 4.78 is 9.60. The highest BCUT2D eigenvalue weighted by Gasteiger charge is 2.50. The van der Waals surface area contributed by atoms with E-state index in [1.165, 1.54) is 14.2 Å². The van der Waals surface area contributed by atoms with Crippen molar-refractivity contribution in [2.45, 2.75) is 33.1 Å². The quantitative estimate of drug-likeness (QED) is 0.691. The average Bonchev–Trinajstić information content (AvgIpc) is 2.73. The van der Waals surface area contributed by atoms with Crippen molar-refractivity contribution in [1.82, 2.24) is 0 Å². The maximum absolute atomic E-state index is 11.9. The Morgan fingerprint density at radius 3 is 2.31 bits per heavy atom. The molecule has 0 unspecified atom stereocenters. The van der Waals surface area contributed by atoms with E-state index in [1.54, 1.807) is 0 Å². The van der Waals surface area contributed by atoms with Gasteiger partial charge in [0.2, 0.25) is 0 Å². The summed E-state index contributed by atoms with van der Waals surface area (Å²) in [5.41, 5.74) is -0.506. The molecule has 0 spiro atoms. The number of hydrogen-bond acceptors (Lipinski definition) is 4. The van der Waals surface area contributed by atoms with Crippen molar-refractivity contribution in [3.63, 3.8) is 0 Å². The van der Waals surface area contributed by atoms with E-state index in [2.05, 4.69) is 0 Å². The van der Waals surface area contributed by atoms with E-state index in [-0.39, 0.29) is 23.8 Å². The number of rotatable bonds is 3. The van der Waals surface area contributed by atoms with Gasteiger partial charge in [-0.25, -0.2) is 0 Å². The molecule has 1 aliphatic rings. The van der Waals surface area contributed by atoms with Gasteiger partial charge in [0.05, 0.1) is 25.6 Å². The standard InChI is InChI=1S/C12H20O4/c1-8(2)12(11(14)16-4)6-5-9(7-12)10(13)15-3/h8-9H,5-7H2,1-4H3/t9-,12-/m0/s1. The molecule has 0 aromatic rings. The van der Waals surface area contributed by atoms with Gasteiger partial charge in [0.1, 0.15) is 0 Å². The first-order valence-corrected chi connectivity index (χ1v) is 5.64. The van der Waals surface area contributed by atoms with Crippen molar-refractivity contribution in [2.75, 3.05) is 14.2 Å². The zero-order chi connectivity index (χ0) is 12.3. The van der Waals surface area contributed by atoms with Gasteiger partial charge in [0, 0.05) is 0 Å². The second kappa shape index (κ2) is 4.85. The molecule has 0 bridgehead atoms. The molecule has 0 heterocycles. The van der Waals surface area contributed by atoms with Crippen LogP contribution in [-0.4, -0.2) is 26.2 Å². The summed E-state index contributed by atoms with van der Waals surface area (Å²) in [7, 11) is 2.79. The lowest BCUT2D eigenvalue weighted by Gasteiger charge is -2.30. The topological polar surface area (TPSA) is 52.6 Å². The summed E-state index contributed by atoms with van der Waals surface area (Å²) in [5.74, 6) is -0.401. The maximum Gasteiger partial charge on any atom is 0.312 e. The minimum atomic E-state index is -0.506. The Hall–Kier alpha value is -1.06. The van der Waals surface area contributed by atoms with Crippen LogP contribution in [0, 0.1) is 17.3 Å². The van der Waals surface area contributed by atoms with Gasteiger partial charge in [-0.15, -0.1) is 0 Å². The SMILES string of the molecule is COC(=O)[C@H]1CC[C@@](C(=O)OC)(C(C)C)C1. The fraction of sp³-hybridized carbons (Fsp3) is 0.833. The molecule has 2 atom stereocenters. The first-order valence-electron chi connectivity index (χ1n) is 5.64. The Kier molecular flexibility index (Phi) is 3.94. The number of esters is 2. The van der Waals surface area contributed by atoms with E-state index < -0.39 is 5.41 Å². The Morgan fingerprint density at radius 2 is 1.88 bits per heavy atom. The highest BCUT2D eigenvalue weighted by molar-refractivity contribution is 5.80. The molecule has 4 heteroatoms. The molecule has 92 valence electrons. The molecule has 0 saturated heterocycles. The summed E-state index contributed by atoms with van der Waals surface area (Å²) in [6.07, 6.45) is 1.96. The first kappa shape index (κ1) is 13.0. The van der Waals surface area contributed by atoms with Crippen LogP contribution in [0.25, 0.3) is 0 Å². The van der Waals surface area contributed by atoms with Gasteiger partial charge < -0.3 is 9.47 Å². The number of carbonyl (C=O) groups excluding carboxylic acids is 2. The Bertz CT molecular complexity index is 285. The summed E-state index contributed by atoms with van der Waals surface area (Å²) in [6, 6.07) is 0. The van der Waals surface area contributed by atoms with E-state index >= 15 is 0 Å². The van der Waals surface area contributed by atoms with Crippen LogP contribution in [0.1, 0.15) is 33.1 Å².